The minimum absolute atomic E-state index is 0.269. The summed E-state index contributed by atoms with van der Waals surface area (Å²) in [6, 6.07) is 16.5. The number of carboxylic acids is 1. The fraction of sp³-hybridized carbons (Fsp3) is 0.133. The quantitative estimate of drug-likeness (QED) is 0.876. The highest BCUT2D eigenvalue weighted by Gasteiger charge is 2.01. The van der Waals surface area contributed by atoms with Crippen LogP contribution >= 0.6 is 0 Å². The van der Waals surface area contributed by atoms with Gasteiger partial charge in [0, 0.05) is 6.42 Å². The monoisotopic (exact) mass is 242 g/mol. The van der Waals surface area contributed by atoms with Gasteiger partial charge in [-0.05, 0) is 29.8 Å². The van der Waals surface area contributed by atoms with Crippen molar-refractivity contribution in [2.24, 2.45) is 0 Å². The molecule has 0 spiro atoms. The van der Waals surface area contributed by atoms with E-state index in [0.717, 1.165) is 6.42 Å². The normalized spacial score (nSPS) is 10.0. The molecule has 0 saturated heterocycles. The molecule has 2 aromatic carbocycles. The fourth-order valence-corrected chi connectivity index (χ4v) is 1.63. The third-order valence-electron chi connectivity index (χ3n) is 2.60. The molecule has 0 amide bonds. The topological polar surface area (TPSA) is 46.5 Å². The van der Waals surface area contributed by atoms with Crippen molar-refractivity contribution >= 4 is 5.97 Å². The lowest BCUT2D eigenvalue weighted by atomic mass is 10.2. The van der Waals surface area contributed by atoms with Gasteiger partial charge in [0.05, 0.1) is 12.2 Å². The van der Waals surface area contributed by atoms with Gasteiger partial charge >= 0.3 is 5.97 Å². The van der Waals surface area contributed by atoms with E-state index in [4.69, 9.17) is 9.84 Å². The van der Waals surface area contributed by atoms with E-state index in [-0.39, 0.29) is 5.56 Å². The van der Waals surface area contributed by atoms with Crippen LogP contribution in [0.1, 0.15) is 15.9 Å². The first kappa shape index (κ1) is 12.2. The molecule has 0 aliphatic carbocycles. The van der Waals surface area contributed by atoms with E-state index in [9.17, 15) is 4.79 Å². The Labute approximate surface area is 106 Å². The van der Waals surface area contributed by atoms with Crippen LogP contribution in [0, 0.1) is 0 Å². The Bertz CT molecular complexity index is 503. The second-order valence-corrected chi connectivity index (χ2v) is 3.91. The maximum atomic E-state index is 10.7. The second-order valence-electron chi connectivity index (χ2n) is 3.91. The maximum Gasteiger partial charge on any atom is 0.335 e. The standard InChI is InChI=1S/C15H14O3/c16-15(17)13-6-8-14(9-7-13)18-11-10-12-4-2-1-3-5-12/h1-9H,10-11H2,(H,16,17). The van der Waals surface area contributed by atoms with Gasteiger partial charge in [0.1, 0.15) is 5.75 Å². The van der Waals surface area contributed by atoms with Crippen molar-refractivity contribution in [3.05, 3.63) is 65.7 Å². The number of benzene rings is 2. The van der Waals surface area contributed by atoms with Crippen molar-refractivity contribution in [2.45, 2.75) is 6.42 Å². The van der Waals surface area contributed by atoms with Crippen molar-refractivity contribution in [3.63, 3.8) is 0 Å². The van der Waals surface area contributed by atoms with Gasteiger partial charge in [0.25, 0.3) is 0 Å². The highest BCUT2D eigenvalue weighted by atomic mass is 16.5. The van der Waals surface area contributed by atoms with Gasteiger partial charge in [-0.2, -0.15) is 0 Å². The Hall–Kier alpha value is -2.29. The van der Waals surface area contributed by atoms with Crippen molar-refractivity contribution < 1.29 is 14.6 Å². The number of carbonyl (C=O) groups is 1. The molecular weight excluding hydrogens is 228 g/mol. The van der Waals surface area contributed by atoms with Gasteiger partial charge in [0.15, 0.2) is 0 Å². The first-order valence-electron chi connectivity index (χ1n) is 5.76. The van der Waals surface area contributed by atoms with Crippen molar-refractivity contribution in [1.82, 2.24) is 0 Å². The van der Waals surface area contributed by atoms with Crippen LogP contribution in [0.4, 0.5) is 0 Å². The lowest BCUT2D eigenvalue weighted by Gasteiger charge is -2.06. The molecule has 2 aromatic rings. The lowest BCUT2D eigenvalue weighted by molar-refractivity contribution is 0.0697. The molecule has 1 N–H and O–H groups in total. The SMILES string of the molecule is O=C(O)c1ccc(OCCc2ccccc2)cc1. The Kier molecular flexibility index (Phi) is 3.97. The van der Waals surface area contributed by atoms with Crippen LogP contribution in [0.3, 0.4) is 0 Å². The van der Waals surface area contributed by atoms with Gasteiger partial charge in [0.2, 0.25) is 0 Å². The highest BCUT2D eigenvalue weighted by molar-refractivity contribution is 5.87. The largest absolute Gasteiger partial charge is 0.493 e. The first-order chi connectivity index (χ1) is 8.75. The molecule has 0 saturated carbocycles. The number of ether oxygens (including phenoxy) is 1. The van der Waals surface area contributed by atoms with Gasteiger partial charge in [-0.1, -0.05) is 30.3 Å². The lowest BCUT2D eigenvalue weighted by Crippen LogP contribution is -2.02. The van der Waals surface area contributed by atoms with Gasteiger partial charge in [-0.15, -0.1) is 0 Å². The fourth-order valence-electron chi connectivity index (χ4n) is 1.63. The summed E-state index contributed by atoms with van der Waals surface area (Å²) in [5.74, 6) is -0.234. The first-order valence-corrected chi connectivity index (χ1v) is 5.76. The molecule has 0 aliphatic heterocycles. The second kappa shape index (κ2) is 5.87. The molecule has 92 valence electrons. The van der Waals surface area contributed by atoms with Crippen LogP contribution in [-0.2, 0) is 6.42 Å². The molecule has 0 aromatic heterocycles. The third kappa shape index (κ3) is 3.35. The highest BCUT2D eigenvalue weighted by Crippen LogP contribution is 2.12. The van der Waals surface area contributed by atoms with E-state index in [0.29, 0.717) is 12.4 Å². The minimum Gasteiger partial charge on any atom is -0.493 e. The van der Waals surface area contributed by atoms with Crippen molar-refractivity contribution in [2.75, 3.05) is 6.61 Å². The van der Waals surface area contributed by atoms with Crippen molar-refractivity contribution in [1.29, 1.82) is 0 Å². The molecule has 0 heterocycles. The predicted octanol–water partition coefficient (Wildman–Crippen LogP) is 3.01. The number of aromatic carboxylic acids is 1. The minimum atomic E-state index is -0.925. The summed E-state index contributed by atoms with van der Waals surface area (Å²) in [5, 5.41) is 8.76. The molecule has 0 fully saturated rings. The average molecular weight is 242 g/mol. The summed E-state index contributed by atoms with van der Waals surface area (Å²) in [6.45, 7) is 0.580. The van der Waals surface area contributed by atoms with Crippen LogP contribution in [0.15, 0.2) is 54.6 Å². The van der Waals surface area contributed by atoms with E-state index in [1.54, 1.807) is 24.3 Å². The number of carboxylic acid groups (broad SMARTS) is 1. The molecule has 0 radical (unpaired) electrons. The number of hydrogen-bond acceptors (Lipinski definition) is 2. The zero-order valence-corrected chi connectivity index (χ0v) is 9.87. The zero-order valence-electron chi connectivity index (χ0n) is 9.87. The van der Waals surface area contributed by atoms with Gasteiger partial charge < -0.3 is 9.84 Å². The molecule has 2 rings (SSSR count). The van der Waals surface area contributed by atoms with Crippen LogP contribution in [0.25, 0.3) is 0 Å². The molecule has 0 atom stereocenters. The molecule has 0 unspecified atom stereocenters. The summed E-state index contributed by atoms with van der Waals surface area (Å²) in [6.07, 6.45) is 0.835. The predicted molar refractivity (Wildman–Crippen MR) is 69.0 cm³/mol. The Balaban J connectivity index is 1.85. The summed E-state index contributed by atoms with van der Waals surface area (Å²) >= 11 is 0. The van der Waals surface area contributed by atoms with E-state index in [1.165, 1.54) is 5.56 Å². The molecule has 0 bridgehead atoms. The number of rotatable bonds is 5. The maximum absolute atomic E-state index is 10.7. The Morgan fingerprint density at radius 1 is 1.00 bits per heavy atom. The van der Waals surface area contributed by atoms with Crippen LogP contribution in [0.5, 0.6) is 5.75 Å². The van der Waals surface area contributed by atoms with E-state index in [2.05, 4.69) is 12.1 Å². The van der Waals surface area contributed by atoms with E-state index < -0.39 is 5.97 Å². The molecule has 3 heteroatoms. The van der Waals surface area contributed by atoms with Crippen LogP contribution in [-0.4, -0.2) is 17.7 Å². The van der Waals surface area contributed by atoms with Crippen LogP contribution < -0.4 is 4.74 Å². The summed E-state index contributed by atoms with van der Waals surface area (Å²) in [5.41, 5.74) is 1.49. The summed E-state index contributed by atoms with van der Waals surface area (Å²) in [7, 11) is 0. The Morgan fingerprint density at radius 2 is 1.67 bits per heavy atom. The van der Waals surface area contributed by atoms with E-state index >= 15 is 0 Å². The summed E-state index contributed by atoms with van der Waals surface area (Å²) < 4.78 is 5.55. The molecular formula is C15H14O3. The number of hydrogen-bond donors (Lipinski definition) is 1. The smallest absolute Gasteiger partial charge is 0.335 e. The molecule has 18 heavy (non-hydrogen) atoms. The average Bonchev–Trinajstić information content (AvgIpc) is 2.40. The van der Waals surface area contributed by atoms with Crippen LogP contribution in [0.2, 0.25) is 0 Å². The van der Waals surface area contributed by atoms with Crippen molar-refractivity contribution in [3.8, 4) is 5.75 Å². The Morgan fingerprint density at radius 3 is 2.28 bits per heavy atom. The van der Waals surface area contributed by atoms with Gasteiger partial charge in [-0.25, -0.2) is 4.79 Å². The molecule has 3 nitrogen and oxygen atoms in total. The molecule has 0 aliphatic rings. The zero-order chi connectivity index (χ0) is 12.8. The van der Waals surface area contributed by atoms with E-state index in [1.807, 2.05) is 18.2 Å². The third-order valence-corrected chi connectivity index (χ3v) is 2.60. The van der Waals surface area contributed by atoms with Gasteiger partial charge in [-0.3, -0.25) is 0 Å². The summed E-state index contributed by atoms with van der Waals surface area (Å²) in [4.78, 5) is 10.7.